The molecule has 14 nitrogen and oxygen atoms in total. The molecule has 0 radical (unpaired) electrons. The van der Waals surface area contributed by atoms with Gasteiger partial charge in [0.1, 0.15) is 30.6 Å². The maximum Gasteiger partial charge on any atom is 0.490 e. The lowest BCUT2D eigenvalue weighted by atomic mass is 10.1. The van der Waals surface area contributed by atoms with Gasteiger partial charge in [0.05, 0.1) is 11.8 Å². The molecule has 1 aliphatic rings. The number of hydrogen-bond donors (Lipinski definition) is 3. The second-order valence-corrected chi connectivity index (χ2v) is 9.00. The number of pyridine rings is 1. The number of amides is 1. The summed E-state index contributed by atoms with van der Waals surface area (Å²) in [5, 5.41) is 25.0. The Hall–Kier alpha value is -6.15. The van der Waals surface area contributed by atoms with E-state index in [1.54, 1.807) is 53.6 Å². The van der Waals surface area contributed by atoms with Crippen LogP contribution in [0.4, 0.5) is 41.3 Å². The van der Waals surface area contributed by atoms with E-state index in [4.69, 9.17) is 24.5 Å². The van der Waals surface area contributed by atoms with Crippen molar-refractivity contribution >= 4 is 29.5 Å². The number of cyclic esters (lactones) is 1. The number of aromatic amines is 1. The summed E-state index contributed by atoms with van der Waals surface area (Å²) in [7, 11) is 0. The summed E-state index contributed by atoms with van der Waals surface area (Å²) < 4.78 is 85.1. The van der Waals surface area contributed by atoms with Gasteiger partial charge in [0.15, 0.2) is 11.5 Å². The molecule has 0 spiro atoms. The first-order chi connectivity index (χ1) is 22.1. The Morgan fingerprint density at radius 3 is 2.21 bits per heavy atom. The highest BCUT2D eigenvalue weighted by Crippen LogP contribution is 2.34. The summed E-state index contributed by atoms with van der Waals surface area (Å²) in [5.41, 5.74) is 2.82. The fourth-order valence-corrected chi connectivity index (χ4v) is 3.90. The molecular weight excluding hydrogens is 653 g/mol. The van der Waals surface area contributed by atoms with Crippen LogP contribution in [-0.2, 0) is 14.3 Å². The number of benzene rings is 1. The minimum atomic E-state index is -5.08. The molecule has 5 aromatic rings. The molecule has 5 heterocycles. The molecule has 3 N–H and O–H groups in total. The van der Waals surface area contributed by atoms with Gasteiger partial charge >= 0.3 is 30.4 Å². The first kappa shape index (κ1) is 33.7. The number of aromatic nitrogens is 7. The summed E-state index contributed by atoms with van der Waals surface area (Å²) in [5.74, 6) is -5.23. The Bertz CT molecular complexity index is 1860. The molecular formula is C26H17F7N8O6. The third kappa shape index (κ3) is 7.93. The van der Waals surface area contributed by atoms with E-state index in [9.17, 15) is 35.5 Å². The van der Waals surface area contributed by atoms with Crippen LogP contribution in [-0.4, -0.2) is 82.0 Å². The Morgan fingerprint density at radius 2 is 1.66 bits per heavy atom. The Balaban J connectivity index is 0.000000301. The molecule has 0 bridgehead atoms. The van der Waals surface area contributed by atoms with Crippen LogP contribution in [0, 0.1) is 5.82 Å². The Kier molecular flexibility index (Phi) is 9.66. The van der Waals surface area contributed by atoms with Gasteiger partial charge in [-0.3, -0.25) is 15.0 Å². The van der Waals surface area contributed by atoms with Crippen LogP contribution in [0.15, 0.2) is 67.5 Å². The lowest BCUT2D eigenvalue weighted by Crippen LogP contribution is -2.28. The van der Waals surface area contributed by atoms with E-state index < -0.39 is 36.2 Å². The number of alkyl halides is 6. The van der Waals surface area contributed by atoms with Crippen molar-refractivity contribution in [3.05, 3.63) is 78.9 Å². The molecule has 0 saturated carbocycles. The number of halogens is 7. The number of carbonyl (C=O) groups excluding carboxylic acids is 1. The highest BCUT2D eigenvalue weighted by atomic mass is 19.4. The highest BCUT2D eigenvalue weighted by molar-refractivity contribution is 5.90. The van der Waals surface area contributed by atoms with Crippen LogP contribution in [0.25, 0.3) is 28.2 Å². The van der Waals surface area contributed by atoms with Gasteiger partial charge in [0.25, 0.3) is 0 Å². The molecule has 0 aliphatic carbocycles. The normalized spacial score (nSPS) is 14.5. The van der Waals surface area contributed by atoms with Crippen molar-refractivity contribution in [1.29, 1.82) is 0 Å². The molecule has 1 saturated heterocycles. The van der Waals surface area contributed by atoms with Crippen LogP contribution >= 0.6 is 0 Å². The number of carboxylic acid groups (broad SMARTS) is 2. The first-order valence-corrected chi connectivity index (χ1v) is 12.5. The second-order valence-electron chi connectivity index (χ2n) is 9.00. The monoisotopic (exact) mass is 670 g/mol. The van der Waals surface area contributed by atoms with Crippen LogP contribution in [0.2, 0.25) is 0 Å². The number of rotatable bonds is 4. The number of nitrogens with one attached hydrogen (secondary N) is 1. The molecule has 47 heavy (non-hydrogen) atoms. The van der Waals surface area contributed by atoms with Crippen molar-refractivity contribution in [2.24, 2.45) is 0 Å². The predicted octanol–water partition coefficient (Wildman–Crippen LogP) is 4.68. The van der Waals surface area contributed by atoms with E-state index in [2.05, 4.69) is 30.2 Å². The molecule has 1 atom stereocenters. The zero-order chi connectivity index (χ0) is 34.5. The number of aliphatic carboxylic acids is 2. The molecule has 1 fully saturated rings. The largest absolute Gasteiger partial charge is 0.490 e. The van der Waals surface area contributed by atoms with Crippen LogP contribution < -0.4 is 4.90 Å². The molecule has 4 aromatic heterocycles. The molecule has 1 aliphatic heterocycles. The van der Waals surface area contributed by atoms with Gasteiger partial charge in [0.2, 0.25) is 0 Å². The summed E-state index contributed by atoms with van der Waals surface area (Å²) in [6.45, 7) is 0.192. The number of carboxylic acids is 2. The fourth-order valence-electron chi connectivity index (χ4n) is 3.90. The SMILES string of the molecule is O=C(O)C(F)(F)F.O=C(O)C(F)(F)F.O=C1OC[C@H](c2cccnc2)N1c1ccn2ncc(-c3ccc(-c4ncn[nH]4)c(F)c3)c2n1. The Labute approximate surface area is 256 Å². The lowest BCUT2D eigenvalue weighted by molar-refractivity contribution is -0.193. The van der Waals surface area contributed by atoms with Gasteiger partial charge in [-0.05, 0) is 35.4 Å². The van der Waals surface area contributed by atoms with Crippen molar-refractivity contribution < 1.29 is 60.1 Å². The predicted molar refractivity (Wildman–Crippen MR) is 142 cm³/mol. The van der Waals surface area contributed by atoms with Crippen LogP contribution in [0.3, 0.4) is 0 Å². The topological polar surface area (TPSA) is 189 Å². The highest BCUT2D eigenvalue weighted by Gasteiger charge is 2.39. The molecule has 21 heteroatoms. The number of nitrogens with zero attached hydrogens (tertiary/aromatic N) is 7. The number of anilines is 1. The van der Waals surface area contributed by atoms with E-state index in [1.165, 1.54) is 17.3 Å². The molecule has 246 valence electrons. The maximum absolute atomic E-state index is 14.8. The van der Waals surface area contributed by atoms with E-state index in [0.717, 1.165) is 5.56 Å². The fraction of sp³-hybridized carbons (Fsp3) is 0.154. The van der Waals surface area contributed by atoms with Gasteiger partial charge in [-0.2, -0.15) is 36.5 Å². The van der Waals surface area contributed by atoms with Crippen molar-refractivity contribution in [3.63, 3.8) is 0 Å². The van der Waals surface area contributed by atoms with Gasteiger partial charge in [-0.25, -0.2) is 33.3 Å². The second kappa shape index (κ2) is 13.5. The quantitative estimate of drug-likeness (QED) is 0.225. The Morgan fingerprint density at radius 1 is 0.979 bits per heavy atom. The number of fused-ring (bicyclic) bond motifs is 1. The van der Waals surface area contributed by atoms with Gasteiger partial charge in [-0.15, -0.1) is 0 Å². The van der Waals surface area contributed by atoms with Gasteiger partial charge in [-0.1, -0.05) is 12.1 Å². The first-order valence-electron chi connectivity index (χ1n) is 12.5. The van der Waals surface area contributed by atoms with E-state index in [1.807, 2.05) is 6.07 Å². The van der Waals surface area contributed by atoms with Crippen molar-refractivity contribution in [2.75, 3.05) is 11.5 Å². The molecule has 6 rings (SSSR count). The molecule has 0 unspecified atom stereocenters. The number of H-pyrrole nitrogens is 1. The summed E-state index contributed by atoms with van der Waals surface area (Å²) >= 11 is 0. The maximum atomic E-state index is 14.8. The molecule has 1 aromatic carbocycles. The molecule has 1 amide bonds. The van der Waals surface area contributed by atoms with E-state index in [-0.39, 0.29) is 12.6 Å². The van der Waals surface area contributed by atoms with Gasteiger partial charge in [0, 0.05) is 24.2 Å². The minimum absolute atomic E-state index is 0.192. The van der Waals surface area contributed by atoms with Crippen molar-refractivity contribution in [3.8, 4) is 22.5 Å². The summed E-state index contributed by atoms with van der Waals surface area (Å²) in [6, 6.07) is 9.79. The minimum Gasteiger partial charge on any atom is -0.475 e. The smallest absolute Gasteiger partial charge is 0.475 e. The number of carbonyl (C=O) groups is 3. The average Bonchev–Trinajstić information content (AvgIpc) is 3.77. The van der Waals surface area contributed by atoms with Crippen molar-refractivity contribution in [2.45, 2.75) is 18.4 Å². The summed E-state index contributed by atoms with van der Waals surface area (Å²) in [6.07, 6.45) is -2.67. The van der Waals surface area contributed by atoms with E-state index in [0.29, 0.717) is 34.0 Å². The third-order valence-corrected chi connectivity index (χ3v) is 5.98. The number of ether oxygens (including phenoxy) is 1. The zero-order valence-corrected chi connectivity index (χ0v) is 22.9. The van der Waals surface area contributed by atoms with Crippen LogP contribution in [0.5, 0.6) is 0 Å². The summed E-state index contributed by atoms with van der Waals surface area (Å²) in [4.78, 5) is 44.6. The van der Waals surface area contributed by atoms with Crippen molar-refractivity contribution in [1.82, 2.24) is 34.8 Å². The number of hydrogen-bond acceptors (Lipinski definition) is 9. The average molecular weight is 670 g/mol. The third-order valence-electron chi connectivity index (χ3n) is 5.98. The standard InChI is InChI=1S/C22H15FN8O2.2C2HF3O2/c23-17-8-13(3-4-15(17)20-25-12-26-29-20)16-10-27-30-7-5-19(28-21(16)30)31-18(11-33-22(31)32)14-2-1-6-24-9-14;2*3-2(4,5)1(6)7/h1-10,12,18H,11H2,(H,25,26,29);2*(H,6,7)/t18-;;/m1../s1. The van der Waals surface area contributed by atoms with Gasteiger partial charge < -0.3 is 14.9 Å². The lowest BCUT2D eigenvalue weighted by Gasteiger charge is -2.20. The van der Waals surface area contributed by atoms with E-state index >= 15 is 0 Å². The zero-order valence-electron chi connectivity index (χ0n) is 22.9. The van der Waals surface area contributed by atoms with Crippen LogP contribution in [0.1, 0.15) is 11.6 Å².